The van der Waals surface area contributed by atoms with E-state index in [1.54, 1.807) is 0 Å². The molecule has 21 heavy (non-hydrogen) atoms. The smallest absolute Gasteiger partial charge is 0.0718 e. The normalized spacial score (nSPS) is 24.3. The minimum absolute atomic E-state index is 0.247. The molecule has 1 saturated carbocycles. The van der Waals surface area contributed by atoms with E-state index in [0.717, 1.165) is 18.9 Å². The summed E-state index contributed by atoms with van der Waals surface area (Å²) in [4.78, 5) is 0. The lowest BCUT2D eigenvalue weighted by atomic mass is 9.77. The minimum Gasteiger partial charge on any atom is -0.327 e. The molecule has 0 bridgehead atoms. The van der Waals surface area contributed by atoms with E-state index in [1.807, 2.05) is 0 Å². The molecule has 1 heterocycles. The molecular weight excluding hydrogens is 258 g/mol. The first-order valence-corrected chi connectivity index (χ1v) is 8.39. The molecule has 3 nitrogen and oxygen atoms in total. The zero-order chi connectivity index (χ0) is 14.8. The van der Waals surface area contributed by atoms with Crippen LogP contribution in [0, 0.1) is 11.8 Å². The van der Waals surface area contributed by atoms with Gasteiger partial charge in [0.25, 0.3) is 0 Å². The highest BCUT2D eigenvalue weighted by molar-refractivity contribution is 5.82. The van der Waals surface area contributed by atoms with E-state index in [-0.39, 0.29) is 6.04 Å². The summed E-state index contributed by atoms with van der Waals surface area (Å²) in [5.74, 6) is 1.50. The van der Waals surface area contributed by atoms with Gasteiger partial charge in [0, 0.05) is 24.4 Å². The summed E-state index contributed by atoms with van der Waals surface area (Å²) in [6.45, 7) is 5.42. The lowest BCUT2D eigenvalue weighted by Crippen LogP contribution is -2.35. The van der Waals surface area contributed by atoms with Gasteiger partial charge in [-0.1, -0.05) is 38.0 Å². The molecule has 0 radical (unpaired) electrons. The molecule has 0 saturated heterocycles. The Hall–Kier alpha value is -1.35. The van der Waals surface area contributed by atoms with Gasteiger partial charge in [0.2, 0.25) is 0 Å². The van der Waals surface area contributed by atoms with Gasteiger partial charge in [0.15, 0.2) is 0 Å². The van der Waals surface area contributed by atoms with E-state index in [0.29, 0.717) is 5.92 Å². The third-order valence-corrected chi connectivity index (χ3v) is 5.05. The number of aromatic nitrogens is 2. The summed E-state index contributed by atoms with van der Waals surface area (Å²) in [6, 6.07) is 8.77. The van der Waals surface area contributed by atoms with E-state index in [9.17, 15) is 0 Å². The van der Waals surface area contributed by atoms with E-state index in [4.69, 9.17) is 10.8 Å². The van der Waals surface area contributed by atoms with Gasteiger partial charge in [0.1, 0.15) is 0 Å². The zero-order valence-corrected chi connectivity index (χ0v) is 13.3. The molecule has 1 aromatic heterocycles. The van der Waals surface area contributed by atoms with Crippen molar-refractivity contribution >= 4 is 10.9 Å². The van der Waals surface area contributed by atoms with E-state index in [2.05, 4.69) is 42.8 Å². The molecule has 3 heteroatoms. The van der Waals surface area contributed by atoms with Crippen LogP contribution in [0.3, 0.4) is 0 Å². The fourth-order valence-corrected chi connectivity index (χ4v) is 3.85. The van der Waals surface area contributed by atoms with Crippen LogP contribution in [-0.4, -0.2) is 15.8 Å². The Bertz CT molecular complexity index is 602. The van der Waals surface area contributed by atoms with Gasteiger partial charge in [-0.05, 0) is 37.7 Å². The summed E-state index contributed by atoms with van der Waals surface area (Å²) in [7, 11) is 0. The highest BCUT2D eigenvalue weighted by atomic mass is 15.3. The first-order valence-electron chi connectivity index (χ1n) is 8.39. The molecule has 0 amide bonds. The van der Waals surface area contributed by atoms with Gasteiger partial charge in [-0.3, -0.25) is 4.68 Å². The first-order chi connectivity index (χ1) is 10.2. The van der Waals surface area contributed by atoms with Gasteiger partial charge in [-0.25, -0.2) is 0 Å². The van der Waals surface area contributed by atoms with Crippen LogP contribution in [0.5, 0.6) is 0 Å². The number of para-hydroxylation sites is 1. The molecule has 1 aromatic carbocycles. The highest BCUT2D eigenvalue weighted by Gasteiger charge is 2.25. The second-order valence-electron chi connectivity index (χ2n) is 6.68. The number of benzene rings is 1. The second kappa shape index (κ2) is 6.18. The lowest BCUT2D eigenvalue weighted by molar-refractivity contribution is 0.245. The fraction of sp³-hybridized carbons (Fsp3) is 0.611. The Kier molecular flexibility index (Phi) is 4.29. The Morgan fingerprint density at radius 2 is 2.14 bits per heavy atom. The van der Waals surface area contributed by atoms with Crippen molar-refractivity contribution in [1.82, 2.24) is 9.78 Å². The molecule has 1 fully saturated rings. The molecule has 1 aliphatic rings. The van der Waals surface area contributed by atoms with Crippen LogP contribution in [0.15, 0.2) is 24.3 Å². The predicted octanol–water partition coefficient (Wildman–Crippen LogP) is 3.75. The summed E-state index contributed by atoms with van der Waals surface area (Å²) in [5, 5.41) is 6.07. The highest BCUT2D eigenvalue weighted by Crippen LogP contribution is 2.31. The predicted molar refractivity (Wildman–Crippen MR) is 88.2 cm³/mol. The van der Waals surface area contributed by atoms with Crippen molar-refractivity contribution in [2.45, 2.75) is 58.5 Å². The number of nitrogens with zero attached hydrogens (tertiary/aromatic N) is 2. The molecule has 3 unspecified atom stereocenters. The standard InChI is InChI=1S/C18H27N3/c1-3-21-18-10-5-4-9-15(18)17(20-21)12-16(19)14-8-6-7-13(2)11-14/h4-5,9-10,13-14,16H,3,6-8,11-12,19H2,1-2H3. The summed E-state index contributed by atoms with van der Waals surface area (Å²) >= 11 is 0. The number of rotatable bonds is 4. The summed E-state index contributed by atoms with van der Waals surface area (Å²) in [6.07, 6.45) is 6.19. The Balaban J connectivity index is 1.81. The molecule has 1 aliphatic carbocycles. The molecule has 3 atom stereocenters. The average Bonchev–Trinajstić information content (AvgIpc) is 2.85. The van der Waals surface area contributed by atoms with E-state index >= 15 is 0 Å². The van der Waals surface area contributed by atoms with Gasteiger partial charge in [-0.2, -0.15) is 5.10 Å². The average molecular weight is 285 g/mol. The minimum atomic E-state index is 0.247. The van der Waals surface area contributed by atoms with Crippen molar-refractivity contribution in [2.75, 3.05) is 0 Å². The molecule has 2 aromatic rings. The lowest BCUT2D eigenvalue weighted by Gasteiger charge is -2.31. The summed E-state index contributed by atoms with van der Waals surface area (Å²) in [5.41, 5.74) is 8.95. The first kappa shape index (κ1) is 14.6. The van der Waals surface area contributed by atoms with Gasteiger partial charge >= 0.3 is 0 Å². The monoisotopic (exact) mass is 285 g/mol. The van der Waals surface area contributed by atoms with Crippen LogP contribution in [0.2, 0.25) is 0 Å². The largest absolute Gasteiger partial charge is 0.327 e. The number of nitrogens with two attached hydrogens (primary N) is 1. The molecule has 3 rings (SSSR count). The maximum absolute atomic E-state index is 6.54. The topological polar surface area (TPSA) is 43.8 Å². The maximum Gasteiger partial charge on any atom is 0.0718 e. The Morgan fingerprint density at radius 3 is 2.90 bits per heavy atom. The van der Waals surface area contributed by atoms with Crippen LogP contribution < -0.4 is 5.73 Å². The van der Waals surface area contributed by atoms with Crippen molar-refractivity contribution in [3.05, 3.63) is 30.0 Å². The Morgan fingerprint density at radius 1 is 1.33 bits per heavy atom. The maximum atomic E-state index is 6.54. The number of fused-ring (bicyclic) bond motifs is 1. The molecule has 0 spiro atoms. The van der Waals surface area contributed by atoms with Crippen molar-refractivity contribution in [3.8, 4) is 0 Å². The van der Waals surface area contributed by atoms with E-state index in [1.165, 1.54) is 42.3 Å². The zero-order valence-electron chi connectivity index (χ0n) is 13.3. The van der Waals surface area contributed by atoms with Gasteiger partial charge < -0.3 is 5.73 Å². The molecular formula is C18H27N3. The van der Waals surface area contributed by atoms with Crippen LogP contribution >= 0.6 is 0 Å². The van der Waals surface area contributed by atoms with Crippen molar-refractivity contribution in [3.63, 3.8) is 0 Å². The van der Waals surface area contributed by atoms with Crippen molar-refractivity contribution in [1.29, 1.82) is 0 Å². The van der Waals surface area contributed by atoms with Crippen molar-refractivity contribution in [2.24, 2.45) is 17.6 Å². The molecule has 0 aliphatic heterocycles. The Labute approximate surface area is 127 Å². The SMILES string of the molecule is CCn1nc(CC(N)C2CCCC(C)C2)c2ccccc21. The van der Waals surface area contributed by atoms with Crippen LogP contribution in [0.4, 0.5) is 0 Å². The van der Waals surface area contributed by atoms with Crippen LogP contribution in [0.25, 0.3) is 10.9 Å². The second-order valence-corrected chi connectivity index (χ2v) is 6.68. The quantitative estimate of drug-likeness (QED) is 0.929. The summed E-state index contributed by atoms with van der Waals surface area (Å²) < 4.78 is 2.10. The fourth-order valence-electron chi connectivity index (χ4n) is 3.85. The third kappa shape index (κ3) is 2.98. The third-order valence-electron chi connectivity index (χ3n) is 5.05. The van der Waals surface area contributed by atoms with Gasteiger partial charge in [0.05, 0.1) is 11.2 Å². The van der Waals surface area contributed by atoms with Gasteiger partial charge in [-0.15, -0.1) is 0 Å². The number of aryl methyl sites for hydroxylation is 1. The molecule has 2 N–H and O–H groups in total. The van der Waals surface area contributed by atoms with Crippen LogP contribution in [-0.2, 0) is 13.0 Å². The number of hydrogen-bond acceptors (Lipinski definition) is 2. The molecule has 114 valence electrons. The van der Waals surface area contributed by atoms with E-state index < -0.39 is 0 Å². The number of hydrogen-bond donors (Lipinski definition) is 1. The van der Waals surface area contributed by atoms with Crippen LogP contribution in [0.1, 0.15) is 45.2 Å². The van der Waals surface area contributed by atoms with Crippen molar-refractivity contribution < 1.29 is 0 Å².